The molecule has 2 rings (SSSR count). The highest BCUT2D eigenvalue weighted by Gasteiger charge is 2.37. The van der Waals surface area contributed by atoms with Crippen molar-refractivity contribution in [1.82, 2.24) is 5.32 Å². The second-order valence-electron chi connectivity index (χ2n) is 4.56. The normalized spacial score (nSPS) is 16.8. The van der Waals surface area contributed by atoms with Crippen LogP contribution in [0, 0.1) is 0 Å². The van der Waals surface area contributed by atoms with Gasteiger partial charge in [0, 0.05) is 15.9 Å². The molecule has 0 bridgehead atoms. The van der Waals surface area contributed by atoms with Gasteiger partial charge in [0.05, 0.1) is 0 Å². The summed E-state index contributed by atoms with van der Waals surface area (Å²) in [5.74, 6) is 0.570. The molecule has 3 nitrogen and oxygen atoms in total. The molecule has 0 spiro atoms. The van der Waals surface area contributed by atoms with Crippen LogP contribution in [0.5, 0.6) is 5.75 Å². The minimum atomic E-state index is -0.0795. The lowest BCUT2D eigenvalue weighted by Crippen LogP contribution is -2.55. The van der Waals surface area contributed by atoms with Crippen molar-refractivity contribution < 1.29 is 9.53 Å². The summed E-state index contributed by atoms with van der Waals surface area (Å²) in [7, 11) is 0. The van der Waals surface area contributed by atoms with Gasteiger partial charge in [-0.15, -0.1) is 0 Å². The minimum absolute atomic E-state index is 0.0381. The van der Waals surface area contributed by atoms with Crippen molar-refractivity contribution in [3.8, 4) is 5.75 Å². The van der Waals surface area contributed by atoms with E-state index in [0.29, 0.717) is 10.8 Å². The van der Waals surface area contributed by atoms with E-state index in [1.165, 1.54) is 6.42 Å². The number of rotatable bonds is 5. The third-order valence-corrected chi connectivity index (χ3v) is 4.48. The number of alkyl halides is 1. The Morgan fingerprint density at radius 1 is 1.39 bits per heavy atom. The molecule has 1 saturated carbocycles. The molecule has 0 aliphatic heterocycles. The summed E-state index contributed by atoms with van der Waals surface area (Å²) in [5.41, 5.74) is -0.0551. The standard InChI is InChI=1S/C13H15BrClNO2/c14-9-13(6-1-7-13)16-12(17)8-18-11-4-2-10(15)3-5-11/h2-5H,1,6-9H2,(H,16,17). The van der Waals surface area contributed by atoms with Gasteiger partial charge in [0.15, 0.2) is 6.61 Å². The lowest BCUT2D eigenvalue weighted by atomic mass is 9.78. The van der Waals surface area contributed by atoms with Crippen molar-refractivity contribution in [2.24, 2.45) is 0 Å². The van der Waals surface area contributed by atoms with Gasteiger partial charge in [0.2, 0.25) is 0 Å². The highest BCUT2D eigenvalue weighted by atomic mass is 79.9. The predicted molar refractivity (Wildman–Crippen MR) is 75.5 cm³/mol. The Morgan fingerprint density at radius 2 is 2.06 bits per heavy atom. The summed E-state index contributed by atoms with van der Waals surface area (Å²) in [6.07, 6.45) is 3.24. The number of benzene rings is 1. The smallest absolute Gasteiger partial charge is 0.258 e. The number of amides is 1. The maximum Gasteiger partial charge on any atom is 0.258 e. The van der Waals surface area contributed by atoms with E-state index >= 15 is 0 Å². The van der Waals surface area contributed by atoms with Gasteiger partial charge in [-0.2, -0.15) is 0 Å². The van der Waals surface area contributed by atoms with Gasteiger partial charge in [-0.25, -0.2) is 0 Å². The molecule has 5 heteroatoms. The van der Waals surface area contributed by atoms with Crippen LogP contribution in [0.15, 0.2) is 24.3 Å². The Hall–Kier alpha value is -0.740. The first-order valence-electron chi connectivity index (χ1n) is 5.89. The molecule has 1 aliphatic rings. The molecule has 0 radical (unpaired) electrons. The number of carbonyl (C=O) groups is 1. The van der Waals surface area contributed by atoms with Gasteiger partial charge in [-0.3, -0.25) is 4.79 Å². The first kappa shape index (κ1) is 13.7. The van der Waals surface area contributed by atoms with Crippen LogP contribution in [-0.2, 0) is 4.79 Å². The van der Waals surface area contributed by atoms with Crippen LogP contribution in [0.3, 0.4) is 0 Å². The summed E-state index contributed by atoms with van der Waals surface area (Å²) < 4.78 is 5.40. The Kier molecular flexibility index (Phi) is 4.51. The van der Waals surface area contributed by atoms with Gasteiger partial charge in [-0.1, -0.05) is 27.5 Å². The van der Waals surface area contributed by atoms with Gasteiger partial charge >= 0.3 is 0 Å². The van der Waals surface area contributed by atoms with E-state index in [9.17, 15) is 4.79 Å². The number of ether oxygens (including phenoxy) is 1. The number of nitrogens with one attached hydrogen (secondary N) is 1. The Balaban J connectivity index is 1.79. The van der Waals surface area contributed by atoms with Crippen molar-refractivity contribution in [2.45, 2.75) is 24.8 Å². The monoisotopic (exact) mass is 331 g/mol. The van der Waals surface area contributed by atoms with E-state index in [1.54, 1.807) is 24.3 Å². The van der Waals surface area contributed by atoms with Crippen molar-refractivity contribution in [1.29, 1.82) is 0 Å². The molecule has 1 aromatic rings. The maximum atomic E-state index is 11.8. The van der Waals surface area contributed by atoms with Crippen LogP contribution < -0.4 is 10.1 Å². The molecule has 18 heavy (non-hydrogen) atoms. The van der Waals surface area contributed by atoms with Crippen LogP contribution in [0.4, 0.5) is 0 Å². The number of hydrogen-bond donors (Lipinski definition) is 1. The minimum Gasteiger partial charge on any atom is -0.484 e. The quantitative estimate of drug-likeness (QED) is 0.841. The SMILES string of the molecule is O=C(COc1ccc(Cl)cc1)NC1(CBr)CCC1. The van der Waals surface area contributed by atoms with Gasteiger partial charge in [-0.05, 0) is 43.5 Å². The van der Waals surface area contributed by atoms with E-state index in [4.69, 9.17) is 16.3 Å². The van der Waals surface area contributed by atoms with E-state index in [1.807, 2.05) is 0 Å². The number of carbonyl (C=O) groups excluding carboxylic acids is 1. The summed E-state index contributed by atoms with van der Waals surface area (Å²) in [6, 6.07) is 6.97. The third kappa shape index (κ3) is 3.39. The first-order chi connectivity index (χ1) is 8.63. The maximum absolute atomic E-state index is 11.8. The second kappa shape index (κ2) is 5.93. The molecule has 1 amide bonds. The van der Waals surface area contributed by atoms with Crippen LogP contribution in [0.2, 0.25) is 5.02 Å². The lowest BCUT2D eigenvalue weighted by molar-refractivity contribution is -0.125. The number of halogens is 2. The molecule has 0 unspecified atom stereocenters. The lowest BCUT2D eigenvalue weighted by Gasteiger charge is -2.41. The van der Waals surface area contributed by atoms with Gasteiger partial charge in [0.25, 0.3) is 5.91 Å². The van der Waals surface area contributed by atoms with Crippen molar-refractivity contribution >= 4 is 33.4 Å². The zero-order chi connectivity index (χ0) is 13.0. The molecule has 0 saturated heterocycles. The van der Waals surface area contributed by atoms with Gasteiger partial charge < -0.3 is 10.1 Å². The Bertz CT molecular complexity index is 412. The molecule has 1 fully saturated rings. The van der Waals surface area contributed by atoms with Gasteiger partial charge in [0.1, 0.15) is 5.75 Å². The summed E-state index contributed by atoms with van der Waals surface area (Å²) in [4.78, 5) is 11.8. The molecule has 1 N–H and O–H groups in total. The highest BCUT2D eigenvalue weighted by molar-refractivity contribution is 9.09. The molecule has 0 aromatic heterocycles. The summed E-state index contributed by atoms with van der Waals surface area (Å²) >= 11 is 9.21. The third-order valence-electron chi connectivity index (χ3n) is 3.15. The van der Waals surface area contributed by atoms with Crippen molar-refractivity contribution in [3.63, 3.8) is 0 Å². The van der Waals surface area contributed by atoms with Crippen LogP contribution >= 0.6 is 27.5 Å². The molecule has 0 heterocycles. The fourth-order valence-corrected chi connectivity index (χ4v) is 2.73. The summed E-state index contributed by atoms with van der Waals surface area (Å²) in [6.45, 7) is 0.0381. The van der Waals surface area contributed by atoms with Crippen LogP contribution in [0.1, 0.15) is 19.3 Å². The predicted octanol–water partition coefficient (Wildman–Crippen LogP) is 3.15. The average molecular weight is 333 g/mol. The molecule has 98 valence electrons. The van der Waals surface area contributed by atoms with E-state index in [-0.39, 0.29) is 18.1 Å². The zero-order valence-electron chi connectivity index (χ0n) is 9.92. The van der Waals surface area contributed by atoms with E-state index in [2.05, 4.69) is 21.2 Å². The van der Waals surface area contributed by atoms with Crippen molar-refractivity contribution in [2.75, 3.05) is 11.9 Å². The zero-order valence-corrected chi connectivity index (χ0v) is 12.3. The number of hydrogen-bond acceptors (Lipinski definition) is 2. The fraction of sp³-hybridized carbons (Fsp3) is 0.462. The van der Waals surface area contributed by atoms with Crippen molar-refractivity contribution in [3.05, 3.63) is 29.3 Å². The van der Waals surface area contributed by atoms with E-state index in [0.717, 1.165) is 18.2 Å². The summed E-state index contributed by atoms with van der Waals surface area (Å²) in [5, 5.41) is 4.47. The molecular weight excluding hydrogens is 318 g/mol. The first-order valence-corrected chi connectivity index (χ1v) is 7.39. The fourth-order valence-electron chi connectivity index (χ4n) is 1.91. The van der Waals surface area contributed by atoms with Crippen LogP contribution in [-0.4, -0.2) is 23.4 Å². The topological polar surface area (TPSA) is 38.3 Å². The van der Waals surface area contributed by atoms with E-state index < -0.39 is 0 Å². The molecule has 1 aliphatic carbocycles. The Morgan fingerprint density at radius 3 is 2.56 bits per heavy atom. The highest BCUT2D eigenvalue weighted by Crippen LogP contribution is 2.33. The largest absolute Gasteiger partial charge is 0.484 e. The average Bonchev–Trinajstić information content (AvgIpc) is 2.33. The second-order valence-corrected chi connectivity index (χ2v) is 5.56. The molecule has 1 aromatic carbocycles. The molecular formula is C13H15BrClNO2. The molecule has 0 atom stereocenters. The Labute approximate surface area is 120 Å². The van der Waals surface area contributed by atoms with Crippen LogP contribution in [0.25, 0.3) is 0 Å².